The molecule has 0 amide bonds. The number of hydrogen-bond acceptors (Lipinski definition) is 6. The minimum Gasteiger partial charge on any atom is -0.493 e. The fraction of sp³-hybridized carbons (Fsp3) is 0.625. The predicted molar refractivity (Wildman–Crippen MR) is 85.1 cm³/mol. The van der Waals surface area contributed by atoms with Gasteiger partial charge >= 0.3 is 0 Å². The van der Waals surface area contributed by atoms with E-state index in [1.807, 2.05) is 12.1 Å². The standard InChI is InChI=1S/C16H26N2O4/c1-18(6-7-19-2)5-4-17-12-13-10-14(20-3)16-15(11-13)21-8-9-22-16/h10-11,17H,4-9,12H2,1-3H3. The first-order valence-corrected chi connectivity index (χ1v) is 7.59. The Morgan fingerprint density at radius 2 is 2.00 bits per heavy atom. The molecular weight excluding hydrogens is 284 g/mol. The average Bonchev–Trinajstić information content (AvgIpc) is 2.56. The Kier molecular flexibility index (Phi) is 6.76. The third-order valence-corrected chi connectivity index (χ3v) is 3.56. The van der Waals surface area contributed by atoms with Crippen LogP contribution < -0.4 is 19.5 Å². The maximum absolute atomic E-state index is 5.64. The largest absolute Gasteiger partial charge is 0.493 e. The van der Waals surface area contributed by atoms with E-state index in [4.69, 9.17) is 18.9 Å². The number of methoxy groups -OCH3 is 2. The van der Waals surface area contributed by atoms with Crippen molar-refractivity contribution in [2.45, 2.75) is 6.54 Å². The number of nitrogens with one attached hydrogen (secondary N) is 1. The first-order valence-electron chi connectivity index (χ1n) is 7.59. The Hall–Kier alpha value is -1.50. The molecule has 1 N–H and O–H groups in total. The van der Waals surface area contributed by atoms with E-state index in [-0.39, 0.29) is 0 Å². The van der Waals surface area contributed by atoms with Gasteiger partial charge < -0.3 is 29.2 Å². The number of fused-ring (bicyclic) bond motifs is 1. The van der Waals surface area contributed by atoms with Crippen LogP contribution in [0.3, 0.4) is 0 Å². The molecule has 0 atom stereocenters. The number of rotatable bonds is 9. The fourth-order valence-electron chi connectivity index (χ4n) is 2.29. The van der Waals surface area contributed by atoms with Crippen LogP contribution in [0.5, 0.6) is 17.2 Å². The molecule has 0 aromatic heterocycles. The average molecular weight is 310 g/mol. The zero-order valence-electron chi connectivity index (χ0n) is 13.7. The molecule has 124 valence electrons. The Bertz CT molecular complexity index is 450. The molecule has 0 radical (unpaired) electrons. The smallest absolute Gasteiger partial charge is 0.203 e. The second-order valence-corrected chi connectivity index (χ2v) is 5.30. The summed E-state index contributed by atoms with van der Waals surface area (Å²) in [4.78, 5) is 2.24. The van der Waals surface area contributed by atoms with Gasteiger partial charge in [-0.2, -0.15) is 0 Å². The first-order chi connectivity index (χ1) is 10.7. The molecule has 1 heterocycles. The van der Waals surface area contributed by atoms with Gasteiger partial charge in [-0.3, -0.25) is 0 Å². The summed E-state index contributed by atoms with van der Waals surface area (Å²) in [6, 6.07) is 4.01. The van der Waals surface area contributed by atoms with Crippen molar-refractivity contribution in [1.29, 1.82) is 0 Å². The van der Waals surface area contributed by atoms with Crippen LogP contribution >= 0.6 is 0 Å². The van der Waals surface area contributed by atoms with Gasteiger partial charge in [0.2, 0.25) is 5.75 Å². The number of hydrogen-bond donors (Lipinski definition) is 1. The SMILES string of the molecule is COCCN(C)CCNCc1cc(OC)c2c(c1)OCCO2. The lowest BCUT2D eigenvalue weighted by Crippen LogP contribution is -2.31. The summed E-state index contributed by atoms with van der Waals surface area (Å²) in [5, 5.41) is 3.43. The van der Waals surface area contributed by atoms with E-state index in [0.29, 0.717) is 19.0 Å². The number of benzene rings is 1. The molecule has 2 rings (SSSR count). The second kappa shape index (κ2) is 8.82. The summed E-state index contributed by atoms with van der Waals surface area (Å²) in [5.74, 6) is 2.20. The summed E-state index contributed by atoms with van der Waals surface area (Å²) >= 11 is 0. The molecule has 6 nitrogen and oxygen atoms in total. The lowest BCUT2D eigenvalue weighted by atomic mass is 10.1. The van der Waals surface area contributed by atoms with Crippen LogP contribution in [0, 0.1) is 0 Å². The van der Waals surface area contributed by atoms with Crippen molar-refractivity contribution in [2.24, 2.45) is 0 Å². The zero-order chi connectivity index (χ0) is 15.8. The molecule has 1 aromatic carbocycles. The Morgan fingerprint density at radius 1 is 1.18 bits per heavy atom. The van der Waals surface area contributed by atoms with Crippen LogP contribution in [0.25, 0.3) is 0 Å². The molecule has 0 spiro atoms. The highest BCUT2D eigenvalue weighted by molar-refractivity contribution is 5.54. The van der Waals surface area contributed by atoms with E-state index < -0.39 is 0 Å². The lowest BCUT2D eigenvalue weighted by molar-refractivity contribution is 0.161. The van der Waals surface area contributed by atoms with Crippen LogP contribution in [-0.4, -0.2) is 65.6 Å². The van der Waals surface area contributed by atoms with Crippen molar-refractivity contribution in [3.63, 3.8) is 0 Å². The maximum Gasteiger partial charge on any atom is 0.203 e. The number of likely N-dealkylation sites (N-methyl/N-ethyl adjacent to an activating group) is 1. The van der Waals surface area contributed by atoms with Crippen LogP contribution in [0.15, 0.2) is 12.1 Å². The highest BCUT2D eigenvalue weighted by Gasteiger charge is 2.18. The van der Waals surface area contributed by atoms with Gasteiger partial charge in [0.15, 0.2) is 11.5 Å². The zero-order valence-corrected chi connectivity index (χ0v) is 13.7. The summed E-state index contributed by atoms with van der Waals surface area (Å²) < 4.78 is 21.7. The Morgan fingerprint density at radius 3 is 2.77 bits per heavy atom. The normalized spacial score (nSPS) is 13.5. The van der Waals surface area contributed by atoms with Crippen LogP contribution in [-0.2, 0) is 11.3 Å². The highest BCUT2D eigenvalue weighted by atomic mass is 16.6. The van der Waals surface area contributed by atoms with Crippen molar-refractivity contribution in [1.82, 2.24) is 10.2 Å². The minimum absolute atomic E-state index is 0.564. The molecule has 0 saturated carbocycles. The van der Waals surface area contributed by atoms with Gasteiger partial charge in [-0.05, 0) is 24.7 Å². The topological polar surface area (TPSA) is 52.2 Å². The van der Waals surface area contributed by atoms with E-state index in [0.717, 1.165) is 49.8 Å². The van der Waals surface area contributed by atoms with Gasteiger partial charge in [0.25, 0.3) is 0 Å². The summed E-state index contributed by atoms with van der Waals surface area (Å²) in [6.07, 6.45) is 0. The predicted octanol–water partition coefficient (Wildman–Crippen LogP) is 1.13. The van der Waals surface area contributed by atoms with Gasteiger partial charge in [-0.1, -0.05) is 0 Å². The first kappa shape index (κ1) is 16.9. The molecule has 1 aliphatic rings. The van der Waals surface area contributed by atoms with E-state index in [1.54, 1.807) is 14.2 Å². The monoisotopic (exact) mass is 310 g/mol. The molecule has 6 heteroatoms. The summed E-state index contributed by atoms with van der Waals surface area (Å²) in [5.41, 5.74) is 1.13. The minimum atomic E-state index is 0.564. The Balaban J connectivity index is 1.83. The van der Waals surface area contributed by atoms with Crippen LogP contribution in [0.2, 0.25) is 0 Å². The van der Waals surface area contributed by atoms with Crippen LogP contribution in [0.4, 0.5) is 0 Å². The van der Waals surface area contributed by atoms with Crippen molar-refractivity contribution in [3.8, 4) is 17.2 Å². The van der Waals surface area contributed by atoms with Crippen LogP contribution in [0.1, 0.15) is 5.56 Å². The number of nitrogens with zero attached hydrogens (tertiary/aromatic N) is 1. The molecule has 22 heavy (non-hydrogen) atoms. The molecule has 0 bridgehead atoms. The van der Waals surface area contributed by atoms with Gasteiger partial charge in [-0.15, -0.1) is 0 Å². The van der Waals surface area contributed by atoms with E-state index in [2.05, 4.69) is 17.3 Å². The van der Waals surface area contributed by atoms with E-state index >= 15 is 0 Å². The van der Waals surface area contributed by atoms with E-state index in [9.17, 15) is 0 Å². The third kappa shape index (κ3) is 4.76. The molecule has 0 fully saturated rings. The van der Waals surface area contributed by atoms with Gasteiger partial charge in [0.05, 0.1) is 13.7 Å². The summed E-state index contributed by atoms with van der Waals surface area (Å²) in [6.45, 7) is 5.51. The van der Waals surface area contributed by atoms with Gasteiger partial charge in [0, 0.05) is 33.3 Å². The van der Waals surface area contributed by atoms with Gasteiger partial charge in [0.1, 0.15) is 13.2 Å². The highest BCUT2D eigenvalue weighted by Crippen LogP contribution is 2.40. The third-order valence-electron chi connectivity index (χ3n) is 3.56. The van der Waals surface area contributed by atoms with Crippen molar-refractivity contribution < 1.29 is 18.9 Å². The second-order valence-electron chi connectivity index (χ2n) is 5.30. The quantitative estimate of drug-likeness (QED) is 0.690. The number of ether oxygens (including phenoxy) is 4. The molecule has 0 saturated heterocycles. The Labute approximate surface area is 132 Å². The van der Waals surface area contributed by atoms with E-state index in [1.165, 1.54) is 0 Å². The summed E-state index contributed by atoms with van der Waals surface area (Å²) in [7, 11) is 5.46. The van der Waals surface area contributed by atoms with Crippen molar-refractivity contribution in [3.05, 3.63) is 17.7 Å². The lowest BCUT2D eigenvalue weighted by Gasteiger charge is -2.21. The molecule has 0 aliphatic carbocycles. The fourth-order valence-corrected chi connectivity index (χ4v) is 2.29. The molecule has 1 aromatic rings. The maximum atomic E-state index is 5.64. The van der Waals surface area contributed by atoms with Crippen molar-refractivity contribution >= 4 is 0 Å². The molecular formula is C16H26N2O4. The van der Waals surface area contributed by atoms with Crippen molar-refractivity contribution in [2.75, 3.05) is 60.7 Å². The van der Waals surface area contributed by atoms with Gasteiger partial charge in [-0.25, -0.2) is 0 Å². The molecule has 1 aliphatic heterocycles. The molecule has 0 unspecified atom stereocenters.